The summed E-state index contributed by atoms with van der Waals surface area (Å²) in [5.41, 5.74) is 0. The Bertz CT molecular complexity index is 284. The van der Waals surface area contributed by atoms with Gasteiger partial charge in [-0.1, -0.05) is 12.8 Å². The van der Waals surface area contributed by atoms with Crippen molar-refractivity contribution in [2.24, 2.45) is 11.8 Å². The predicted octanol–water partition coefficient (Wildman–Crippen LogP) is 0.789. The van der Waals surface area contributed by atoms with Crippen LogP contribution in [0.4, 0.5) is 0 Å². The fourth-order valence-electron chi connectivity index (χ4n) is 2.21. The first-order chi connectivity index (χ1) is 7.66. The fourth-order valence-corrected chi connectivity index (χ4v) is 2.21. The zero-order valence-electron chi connectivity index (χ0n) is 9.35. The molecule has 0 aromatic rings. The van der Waals surface area contributed by atoms with E-state index >= 15 is 0 Å². The molecule has 2 aliphatic rings. The molecule has 0 heterocycles. The molecule has 96 valence electrons. The standard InChI is InChI=1S/C12H18O4.In.3H/c13-10(7-8-3-1-4-8)16-11(12(14)15)9-5-2-6-9;;;;/h8-9,11H,1-7H2,(H,14,15);;;;. The van der Waals surface area contributed by atoms with Crippen LogP contribution in [0.15, 0.2) is 0 Å². The van der Waals surface area contributed by atoms with Crippen molar-refractivity contribution in [3.8, 4) is 0 Å². The van der Waals surface area contributed by atoms with E-state index in [4.69, 9.17) is 9.84 Å². The molecular formula is C12H21InO4. The van der Waals surface area contributed by atoms with E-state index in [1.807, 2.05) is 0 Å². The SMILES string of the molecule is O=C(CC1CCC1)OC(C(=O)O)C1CCC1.[InH3]. The number of carboxylic acid groups (broad SMARTS) is 1. The van der Waals surface area contributed by atoms with Crippen molar-refractivity contribution < 1.29 is 19.4 Å². The minimum atomic E-state index is -0.994. The van der Waals surface area contributed by atoms with Gasteiger partial charge in [0.2, 0.25) is 6.10 Å². The Morgan fingerprint density at radius 3 is 2.12 bits per heavy atom. The molecule has 2 rings (SSSR count). The van der Waals surface area contributed by atoms with Gasteiger partial charge in [0.25, 0.3) is 0 Å². The number of aliphatic carboxylic acids is 1. The van der Waals surface area contributed by atoms with Crippen molar-refractivity contribution in [3.63, 3.8) is 0 Å². The summed E-state index contributed by atoms with van der Waals surface area (Å²) in [4.78, 5) is 22.5. The molecule has 0 bridgehead atoms. The second-order valence-electron chi connectivity index (χ2n) is 4.94. The third-order valence-corrected chi connectivity index (χ3v) is 3.76. The topological polar surface area (TPSA) is 63.6 Å². The molecular weight excluding hydrogens is 323 g/mol. The van der Waals surface area contributed by atoms with Crippen LogP contribution in [0.1, 0.15) is 44.9 Å². The van der Waals surface area contributed by atoms with Crippen LogP contribution in [-0.4, -0.2) is 49.0 Å². The van der Waals surface area contributed by atoms with Crippen LogP contribution in [0.2, 0.25) is 0 Å². The molecule has 2 aliphatic carbocycles. The van der Waals surface area contributed by atoms with E-state index in [9.17, 15) is 9.59 Å². The maximum absolute atomic E-state index is 11.5. The number of rotatable bonds is 5. The zero-order chi connectivity index (χ0) is 11.5. The minimum absolute atomic E-state index is 0. The Labute approximate surface area is 120 Å². The van der Waals surface area contributed by atoms with Crippen molar-refractivity contribution in [1.29, 1.82) is 0 Å². The molecule has 0 aliphatic heterocycles. The Morgan fingerprint density at radius 1 is 1.18 bits per heavy atom. The monoisotopic (exact) mass is 344 g/mol. The summed E-state index contributed by atoms with van der Waals surface area (Å²) in [6.45, 7) is 0. The van der Waals surface area contributed by atoms with Crippen molar-refractivity contribution in [1.82, 2.24) is 0 Å². The molecule has 17 heavy (non-hydrogen) atoms. The Kier molecular flexibility index (Phi) is 5.83. The van der Waals surface area contributed by atoms with E-state index in [0.717, 1.165) is 32.1 Å². The second kappa shape index (κ2) is 6.66. The summed E-state index contributed by atoms with van der Waals surface area (Å²) in [7, 11) is 0. The van der Waals surface area contributed by atoms with E-state index in [-0.39, 0.29) is 37.7 Å². The summed E-state index contributed by atoms with van der Waals surface area (Å²) < 4.78 is 5.08. The Hall–Kier alpha value is -0.190. The number of carbonyl (C=O) groups is 2. The molecule has 2 saturated carbocycles. The molecule has 1 atom stereocenters. The molecule has 2 fully saturated rings. The number of hydrogen-bond donors (Lipinski definition) is 1. The molecule has 0 saturated heterocycles. The van der Waals surface area contributed by atoms with Crippen LogP contribution >= 0.6 is 0 Å². The molecule has 0 amide bonds. The summed E-state index contributed by atoms with van der Waals surface area (Å²) >= 11 is 0. The molecule has 0 spiro atoms. The number of hydrogen-bond acceptors (Lipinski definition) is 3. The van der Waals surface area contributed by atoms with Gasteiger partial charge in [0.05, 0.1) is 0 Å². The van der Waals surface area contributed by atoms with Gasteiger partial charge in [-0.2, -0.15) is 0 Å². The van der Waals surface area contributed by atoms with Gasteiger partial charge in [-0.15, -0.1) is 0 Å². The molecule has 0 radical (unpaired) electrons. The summed E-state index contributed by atoms with van der Waals surface area (Å²) in [6.07, 6.45) is 5.63. The molecule has 0 aromatic carbocycles. The fraction of sp³-hybridized carbons (Fsp3) is 0.833. The first kappa shape index (κ1) is 14.9. The van der Waals surface area contributed by atoms with Crippen LogP contribution in [0.25, 0.3) is 0 Å². The first-order valence-electron chi connectivity index (χ1n) is 6.09. The zero-order valence-corrected chi connectivity index (χ0v) is 9.35. The Balaban J connectivity index is 0.00000144. The van der Waals surface area contributed by atoms with Crippen molar-refractivity contribution in [2.75, 3.05) is 0 Å². The van der Waals surface area contributed by atoms with Crippen LogP contribution in [0, 0.1) is 11.8 Å². The van der Waals surface area contributed by atoms with Gasteiger partial charge in [0.15, 0.2) is 0 Å². The average molecular weight is 344 g/mol. The van der Waals surface area contributed by atoms with Gasteiger partial charge < -0.3 is 9.84 Å². The van der Waals surface area contributed by atoms with Crippen molar-refractivity contribution in [3.05, 3.63) is 0 Å². The number of ether oxygens (including phenoxy) is 1. The predicted molar refractivity (Wildman–Crippen MR) is 66.8 cm³/mol. The number of carbonyl (C=O) groups excluding carboxylic acids is 1. The summed E-state index contributed by atoms with van der Waals surface area (Å²) in [5, 5.41) is 8.99. The van der Waals surface area contributed by atoms with Gasteiger partial charge >= 0.3 is 37.8 Å². The van der Waals surface area contributed by atoms with E-state index in [1.54, 1.807) is 0 Å². The quantitative estimate of drug-likeness (QED) is 0.749. The van der Waals surface area contributed by atoms with Gasteiger partial charge in [0.1, 0.15) is 0 Å². The third-order valence-electron chi connectivity index (χ3n) is 3.76. The average Bonchev–Trinajstić information content (AvgIpc) is 2.07. The molecule has 5 heteroatoms. The molecule has 1 N–H and O–H groups in total. The third kappa shape index (κ3) is 3.90. The van der Waals surface area contributed by atoms with E-state index in [2.05, 4.69) is 0 Å². The van der Waals surface area contributed by atoms with Gasteiger partial charge in [-0.05, 0) is 31.6 Å². The molecule has 1 unspecified atom stereocenters. The van der Waals surface area contributed by atoms with Crippen LogP contribution in [-0.2, 0) is 14.3 Å². The number of carboxylic acids is 1. The van der Waals surface area contributed by atoms with E-state index < -0.39 is 12.1 Å². The van der Waals surface area contributed by atoms with E-state index in [0.29, 0.717) is 12.3 Å². The van der Waals surface area contributed by atoms with Gasteiger partial charge in [-0.3, -0.25) is 4.79 Å². The Morgan fingerprint density at radius 2 is 1.76 bits per heavy atom. The molecule has 0 aromatic heterocycles. The van der Waals surface area contributed by atoms with Gasteiger partial charge in [0, 0.05) is 12.3 Å². The second-order valence-corrected chi connectivity index (χ2v) is 4.94. The van der Waals surface area contributed by atoms with Crippen LogP contribution in [0.5, 0.6) is 0 Å². The maximum atomic E-state index is 11.5. The van der Waals surface area contributed by atoms with Crippen LogP contribution in [0.3, 0.4) is 0 Å². The summed E-state index contributed by atoms with van der Waals surface area (Å²) in [6, 6.07) is 0. The summed E-state index contributed by atoms with van der Waals surface area (Å²) in [5.74, 6) is -0.846. The first-order valence-corrected chi connectivity index (χ1v) is 6.09. The van der Waals surface area contributed by atoms with Gasteiger partial charge in [-0.25, -0.2) is 4.79 Å². The van der Waals surface area contributed by atoms with Crippen molar-refractivity contribution >= 4 is 37.8 Å². The van der Waals surface area contributed by atoms with E-state index in [1.165, 1.54) is 6.42 Å². The number of esters is 1. The van der Waals surface area contributed by atoms with Crippen LogP contribution < -0.4 is 0 Å². The molecule has 4 nitrogen and oxygen atoms in total. The van der Waals surface area contributed by atoms with Crippen molar-refractivity contribution in [2.45, 2.75) is 51.0 Å². The normalized spacial score (nSPS) is 21.6.